The van der Waals surface area contributed by atoms with Crippen molar-refractivity contribution >= 4 is 5.82 Å². The molecule has 2 aromatic rings. The lowest BCUT2D eigenvalue weighted by Gasteiger charge is -2.21. The van der Waals surface area contributed by atoms with E-state index >= 15 is 0 Å². The number of anilines is 1. The standard InChI is InChI=1S/C23H34N2/c1-3-4-5-6-7-8-9-13-18-22(21-16-11-10-12-17-21)25-23-20(2)15-14-19-24-23/h10-12,14-17,19,22H,3-9,13,18H2,1-2H3,(H,24,25). The van der Waals surface area contributed by atoms with Crippen molar-refractivity contribution in [2.75, 3.05) is 5.32 Å². The first kappa shape index (κ1) is 19.5. The van der Waals surface area contributed by atoms with Gasteiger partial charge in [0.1, 0.15) is 5.82 Å². The van der Waals surface area contributed by atoms with E-state index in [1.54, 1.807) is 0 Å². The molecule has 2 heteroatoms. The lowest BCUT2D eigenvalue weighted by Crippen LogP contribution is -2.12. The molecule has 0 aliphatic heterocycles. The summed E-state index contributed by atoms with van der Waals surface area (Å²) in [7, 11) is 0. The Morgan fingerprint density at radius 1 is 0.840 bits per heavy atom. The van der Waals surface area contributed by atoms with E-state index in [0.717, 1.165) is 12.2 Å². The summed E-state index contributed by atoms with van der Waals surface area (Å²) in [6.45, 7) is 4.40. The van der Waals surface area contributed by atoms with Gasteiger partial charge >= 0.3 is 0 Å². The van der Waals surface area contributed by atoms with E-state index in [-0.39, 0.29) is 0 Å². The highest BCUT2D eigenvalue weighted by Crippen LogP contribution is 2.25. The molecule has 0 aliphatic rings. The van der Waals surface area contributed by atoms with Crippen molar-refractivity contribution in [3.63, 3.8) is 0 Å². The van der Waals surface area contributed by atoms with E-state index in [9.17, 15) is 0 Å². The SMILES string of the molecule is CCCCCCCCCCC(Nc1ncccc1C)c1ccccc1. The van der Waals surface area contributed by atoms with Crippen LogP contribution < -0.4 is 5.32 Å². The largest absolute Gasteiger partial charge is 0.363 e. The first-order valence-electron chi connectivity index (χ1n) is 10.0. The summed E-state index contributed by atoms with van der Waals surface area (Å²) in [4.78, 5) is 4.52. The van der Waals surface area contributed by atoms with E-state index in [1.165, 1.54) is 62.5 Å². The van der Waals surface area contributed by atoms with E-state index in [1.807, 2.05) is 12.3 Å². The molecular formula is C23H34N2. The van der Waals surface area contributed by atoms with Crippen molar-refractivity contribution in [3.8, 4) is 0 Å². The first-order chi connectivity index (χ1) is 12.3. The van der Waals surface area contributed by atoms with Gasteiger partial charge in [0.2, 0.25) is 0 Å². The summed E-state index contributed by atoms with van der Waals surface area (Å²) in [5.74, 6) is 1.01. The molecule has 1 aromatic heterocycles. The second-order valence-electron chi connectivity index (χ2n) is 7.04. The number of rotatable bonds is 12. The molecule has 0 amide bonds. The zero-order valence-electron chi connectivity index (χ0n) is 16.0. The molecule has 1 aromatic carbocycles. The van der Waals surface area contributed by atoms with Crippen LogP contribution in [0.25, 0.3) is 0 Å². The average molecular weight is 339 g/mol. The Morgan fingerprint density at radius 3 is 2.20 bits per heavy atom. The molecule has 0 fully saturated rings. The van der Waals surface area contributed by atoms with Gasteiger partial charge in [0.25, 0.3) is 0 Å². The fraction of sp³-hybridized carbons (Fsp3) is 0.522. The van der Waals surface area contributed by atoms with Crippen LogP contribution in [0.3, 0.4) is 0 Å². The second kappa shape index (κ2) is 11.7. The second-order valence-corrected chi connectivity index (χ2v) is 7.04. The third-order valence-corrected chi connectivity index (χ3v) is 4.87. The predicted molar refractivity (Wildman–Crippen MR) is 109 cm³/mol. The Balaban J connectivity index is 1.83. The van der Waals surface area contributed by atoms with Crippen LogP contribution in [0.15, 0.2) is 48.7 Å². The normalized spacial score (nSPS) is 12.1. The maximum Gasteiger partial charge on any atom is 0.129 e. The molecular weight excluding hydrogens is 304 g/mol. The van der Waals surface area contributed by atoms with E-state index in [2.05, 4.69) is 60.5 Å². The minimum atomic E-state index is 0.342. The number of nitrogens with zero attached hydrogens (tertiary/aromatic N) is 1. The topological polar surface area (TPSA) is 24.9 Å². The zero-order valence-corrected chi connectivity index (χ0v) is 16.0. The van der Waals surface area contributed by atoms with E-state index in [4.69, 9.17) is 0 Å². The van der Waals surface area contributed by atoms with Crippen LogP contribution in [-0.2, 0) is 0 Å². The number of hydrogen-bond acceptors (Lipinski definition) is 2. The van der Waals surface area contributed by atoms with Crippen LogP contribution in [0.5, 0.6) is 0 Å². The monoisotopic (exact) mass is 338 g/mol. The highest BCUT2D eigenvalue weighted by Gasteiger charge is 2.12. The first-order valence-corrected chi connectivity index (χ1v) is 10.0. The van der Waals surface area contributed by atoms with Crippen molar-refractivity contribution in [3.05, 3.63) is 59.8 Å². The van der Waals surface area contributed by atoms with Crippen LogP contribution in [-0.4, -0.2) is 4.98 Å². The van der Waals surface area contributed by atoms with Gasteiger partial charge in [-0.2, -0.15) is 0 Å². The van der Waals surface area contributed by atoms with Gasteiger partial charge in [-0.05, 0) is 30.5 Å². The van der Waals surface area contributed by atoms with Gasteiger partial charge in [0.05, 0.1) is 6.04 Å². The molecule has 1 atom stereocenters. The number of unbranched alkanes of at least 4 members (excludes halogenated alkanes) is 7. The van der Waals surface area contributed by atoms with Crippen molar-refractivity contribution in [1.82, 2.24) is 4.98 Å². The number of hydrogen-bond donors (Lipinski definition) is 1. The maximum atomic E-state index is 4.52. The van der Waals surface area contributed by atoms with Crippen LogP contribution in [0, 0.1) is 6.92 Å². The Kier molecular flexibility index (Phi) is 9.11. The van der Waals surface area contributed by atoms with Crippen LogP contribution in [0.2, 0.25) is 0 Å². The molecule has 0 spiro atoms. The van der Waals surface area contributed by atoms with Crippen molar-refractivity contribution in [1.29, 1.82) is 0 Å². The van der Waals surface area contributed by atoms with Crippen molar-refractivity contribution < 1.29 is 0 Å². The Bertz CT molecular complexity index is 580. The minimum Gasteiger partial charge on any atom is -0.363 e. The number of nitrogens with one attached hydrogen (secondary N) is 1. The summed E-state index contributed by atoms with van der Waals surface area (Å²) < 4.78 is 0. The summed E-state index contributed by atoms with van der Waals surface area (Å²) in [6, 6.07) is 15.2. The van der Waals surface area contributed by atoms with E-state index < -0.39 is 0 Å². The lowest BCUT2D eigenvalue weighted by molar-refractivity contribution is 0.546. The molecule has 0 aliphatic carbocycles. The number of aromatic nitrogens is 1. The molecule has 1 heterocycles. The molecule has 2 rings (SSSR count). The third-order valence-electron chi connectivity index (χ3n) is 4.87. The Hall–Kier alpha value is -1.83. The molecule has 0 saturated heterocycles. The van der Waals surface area contributed by atoms with Gasteiger partial charge in [0, 0.05) is 6.20 Å². The number of pyridine rings is 1. The van der Waals surface area contributed by atoms with Gasteiger partial charge < -0.3 is 5.32 Å². The molecule has 0 radical (unpaired) electrons. The molecule has 0 saturated carbocycles. The summed E-state index contributed by atoms with van der Waals surface area (Å²) in [6.07, 6.45) is 13.9. The Morgan fingerprint density at radius 2 is 1.52 bits per heavy atom. The smallest absolute Gasteiger partial charge is 0.129 e. The number of aryl methyl sites for hydroxylation is 1. The van der Waals surface area contributed by atoms with Gasteiger partial charge in [-0.3, -0.25) is 0 Å². The average Bonchev–Trinajstić information content (AvgIpc) is 2.65. The summed E-state index contributed by atoms with van der Waals surface area (Å²) >= 11 is 0. The molecule has 136 valence electrons. The van der Waals surface area contributed by atoms with Crippen molar-refractivity contribution in [2.45, 2.75) is 77.7 Å². The fourth-order valence-corrected chi connectivity index (χ4v) is 3.29. The van der Waals surface area contributed by atoms with Crippen LogP contribution in [0.4, 0.5) is 5.82 Å². The highest BCUT2D eigenvalue weighted by atomic mass is 15.0. The van der Waals surface area contributed by atoms with Gasteiger partial charge in [-0.1, -0.05) is 94.7 Å². The third kappa shape index (κ3) is 7.29. The molecule has 2 nitrogen and oxygen atoms in total. The quantitative estimate of drug-likeness (QED) is 0.418. The highest BCUT2D eigenvalue weighted by molar-refractivity contribution is 5.45. The molecule has 1 unspecified atom stereocenters. The molecule has 0 bridgehead atoms. The summed E-state index contributed by atoms with van der Waals surface area (Å²) in [5, 5.41) is 3.67. The molecule has 25 heavy (non-hydrogen) atoms. The molecule has 1 N–H and O–H groups in total. The minimum absolute atomic E-state index is 0.342. The van der Waals surface area contributed by atoms with Gasteiger partial charge in [0.15, 0.2) is 0 Å². The lowest BCUT2D eigenvalue weighted by atomic mass is 9.99. The van der Waals surface area contributed by atoms with Crippen LogP contribution >= 0.6 is 0 Å². The van der Waals surface area contributed by atoms with Gasteiger partial charge in [-0.25, -0.2) is 4.98 Å². The fourth-order valence-electron chi connectivity index (χ4n) is 3.29. The summed E-state index contributed by atoms with van der Waals surface area (Å²) in [5.41, 5.74) is 2.56. The Labute approximate surface area is 154 Å². The maximum absolute atomic E-state index is 4.52. The number of benzene rings is 1. The zero-order chi connectivity index (χ0) is 17.7. The van der Waals surface area contributed by atoms with Crippen molar-refractivity contribution in [2.24, 2.45) is 0 Å². The van der Waals surface area contributed by atoms with Gasteiger partial charge in [-0.15, -0.1) is 0 Å². The predicted octanol–water partition coefficient (Wildman–Crippen LogP) is 7.07. The van der Waals surface area contributed by atoms with Crippen LogP contribution in [0.1, 0.15) is 81.9 Å². The van der Waals surface area contributed by atoms with E-state index in [0.29, 0.717) is 6.04 Å².